The third-order valence-corrected chi connectivity index (χ3v) is 5.75. The summed E-state index contributed by atoms with van der Waals surface area (Å²) >= 11 is 0. The van der Waals surface area contributed by atoms with Gasteiger partial charge in [0.2, 0.25) is 11.8 Å². The Morgan fingerprint density at radius 1 is 1.24 bits per heavy atom. The van der Waals surface area contributed by atoms with Gasteiger partial charge in [-0.15, -0.1) is 0 Å². The molecule has 0 aromatic carbocycles. The molecule has 25 heavy (non-hydrogen) atoms. The van der Waals surface area contributed by atoms with Crippen LogP contribution in [0.1, 0.15) is 38.5 Å². The van der Waals surface area contributed by atoms with Crippen LogP contribution in [0.2, 0.25) is 0 Å². The number of nitrogens with one attached hydrogen (secondary N) is 1. The highest BCUT2D eigenvalue weighted by Gasteiger charge is 2.39. The molecule has 0 aliphatic carbocycles. The molecule has 2 amide bonds. The Balaban J connectivity index is 1.48. The molecule has 7 heteroatoms. The Morgan fingerprint density at radius 3 is 2.88 bits per heavy atom. The highest BCUT2D eigenvalue weighted by molar-refractivity contribution is 5.78. The van der Waals surface area contributed by atoms with E-state index in [1.165, 1.54) is 0 Å². The molecule has 0 aromatic rings. The zero-order valence-electron chi connectivity index (χ0n) is 15.4. The first-order valence-corrected chi connectivity index (χ1v) is 9.78. The standard InChI is InChI=1S/C18H32N4O3/c1-19-8-12-22-16-6-10-20(14-15(16)4-5-18(22)24)17(23)7-11-21-9-2-3-13-25-21/h15-16,19H,2-14H2,1H3. The van der Waals surface area contributed by atoms with Crippen molar-refractivity contribution in [3.8, 4) is 0 Å². The molecule has 3 saturated heterocycles. The van der Waals surface area contributed by atoms with Gasteiger partial charge in [-0.25, -0.2) is 0 Å². The number of likely N-dealkylation sites (N-methyl/N-ethyl adjacent to an activating group) is 1. The molecule has 0 radical (unpaired) electrons. The van der Waals surface area contributed by atoms with Crippen LogP contribution >= 0.6 is 0 Å². The maximum atomic E-state index is 12.6. The minimum atomic E-state index is 0.228. The molecule has 0 spiro atoms. The quantitative estimate of drug-likeness (QED) is 0.753. The molecule has 7 nitrogen and oxygen atoms in total. The third-order valence-electron chi connectivity index (χ3n) is 5.75. The van der Waals surface area contributed by atoms with Gasteiger partial charge in [0.05, 0.1) is 6.61 Å². The topological polar surface area (TPSA) is 65.1 Å². The van der Waals surface area contributed by atoms with Crippen molar-refractivity contribution in [3.63, 3.8) is 0 Å². The molecule has 1 N–H and O–H groups in total. The van der Waals surface area contributed by atoms with Crippen molar-refractivity contribution >= 4 is 11.8 Å². The molecule has 2 atom stereocenters. The fourth-order valence-electron chi connectivity index (χ4n) is 4.30. The molecule has 0 bridgehead atoms. The number of nitrogens with zero attached hydrogens (tertiary/aromatic N) is 3. The van der Waals surface area contributed by atoms with E-state index in [-0.39, 0.29) is 11.8 Å². The van der Waals surface area contributed by atoms with Crippen LogP contribution in [0.4, 0.5) is 0 Å². The van der Waals surface area contributed by atoms with Crippen molar-refractivity contribution < 1.29 is 14.4 Å². The number of fused-ring (bicyclic) bond motifs is 1. The first-order chi connectivity index (χ1) is 12.2. The largest absolute Gasteiger partial charge is 0.342 e. The highest BCUT2D eigenvalue weighted by Crippen LogP contribution is 2.31. The minimum absolute atomic E-state index is 0.228. The summed E-state index contributed by atoms with van der Waals surface area (Å²) in [6.07, 6.45) is 5.24. The average Bonchev–Trinajstić information content (AvgIpc) is 2.66. The predicted octanol–water partition coefficient (Wildman–Crippen LogP) is 0.463. The van der Waals surface area contributed by atoms with Crippen molar-refractivity contribution in [2.45, 2.75) is 44.6 Å². The summed E-state index contributed by atoms with van der Waals surface area (Å²) in [4.78, 5) is 34.5. The van der Waals surface area contributed by atoms with Crippen LogP contribution in [0.3, 0.4) is 0 Å². The predicted molar refractivity (Wildman–Crippen MR) is 94.7 cm³/mol. The van der Waals surface area contributed by atoms with Gasteiger partial charge >= 0.3 is 0 Å². The second-order valence-corrected chi connectivity index (χ2v) is 7.40. The summed E-state index contributed by atoms with van der Waals surface area (Å²) < 4.78 is 0. The van der Waals surface area contributed by atoms with E-state index in [4.69, 9.17) is 4.84 Å². The first kappa shape index (κ1) is 18.6. The number of piperidine rings is 2. The number of rotatable bonds is 6. The van der Waals surface area contributed by atoms with Crippen LogP contribution in [0.5, 0.6) is 0 Å². The van der Waals surface area contributed by atoms with Gasteiger partial charge in [0.25, 0.3) is 0 Å². The summed E-state index contributed by atoms with van der Waals surface area (Å²) in [6.45, 7) is 5.57. The monoisotopic (exact) mass is 352 g/mol. The van der Waals surface area contributed by atoms with Crippen LogP contribution in [-0.4, -0.2) is 85.6 Å². The maximum Gasteiger partial charge on any atom is 0.223 e. The zero-order chi connectivity index (χ0) is 17.6. The first-order valence-electron chi connectivity index (χ1n) is 9.78. The van der Waals surface area contributed by atoms with E-state index in [2.05, 4.69) is 5.32 Å². The van der Waals surface area contributed by atoms with Crippen LogP contribution in [0.25, 0.3) is 0 Å². The Bertz CT molecular complexity index is 467. The van der Waals surface area contributed by atoms with Gasteiger partial charge in [-0.1, -0.05) is 0 Å². The van der Waals surface area contributed by atoms with E-state index in [0.29, 0.717) is 31.3 Å². The normalized spacial score (nSPS) is 28.1. The van der Waals surface area contributed by atoms with Crippen LogP contribution in [-0.2, 0) is 14.4 Å². The Hall–Kier alpha value is -1.18. The second-order valence-electron chi connectivity index (χ2n) is 7.40. The lowest BCUT2D eigenvalue weighted by Gasteiger charge is -2.47. The van der Waals surface area contributed by atoms with E-state index in [9.17, 15) is 9.59 Å². The molecule has 3 fully saturated rings. The van der Waals surface area contributed by atoms with E-state index in [1.54, 1.807) is 0 Å². The summed E-state index contributed by atoms with van der Waals surface area (Å²) in [7, 11) is 1.92. The lowest BCUT2D eigenvalue weighted by atomic mass is 9.83. The number of hydrogen-bond acceptors (Lipinski definition) is 5. The number of hydrogen-bond donors (Lipinski definition) is 1. The molecular formula is C18H32N4O3. The van der Waals surface area contributed by atoms with Crippen molar-refractivity contribution in [1.82, 2.24) is 20.2 Å². The SMILES string of the molecule is CNCCN1C(=O)CCC2CN(C(=O)CCN3CCCCO3)CCC21. The van der Waals surface area contributed by atoms with Crippen molar-refractivity contribution in [2.75, 3.05) is 52.9 Å². The molecule has 0 aromatic heterocycles. The lowest BCUT2D eigenvalue weighted by Crippen LogP contribution is -2.57. The molecular weight excluding hydrogens is 320 g/mol. The van der Waals surface area contributed by atoms with Crippen LogP contribution in [0.15, 0.2) is 0 Å². The number of carbonyl (C=O) groups excluding carboxylic acids is 2. The smallest absolute Gasteiger partial charge is 0.223 e. The fraction of sp³-hybridized carbons (Fsp3) is 0.889. The zero-order valence-corrected chi connectivity index (χ0v) is 15.4. The molecule has 0 saturated carbocycles. The van der Waals surface area contributed by atoms with Crippen LogP contribution < -0.4 is 5.32 Å². The van der Waals surface area contributed by atoms with Gasteiger partial charge in [-0.2, -0.15) is 5.06 Å². The number of likely N-dealkylation sites (tertiary alicyclic amines) is 2. The van der Waals surface area contributed by atoms with Gasteiger partial charge in [-0.05, 0) is 38.6 Å². The van der Waals surface area contributed by atoms with E-state index >= 15 is 0 Å². The molecule has 3 heterocycles. The molecule has 3 aliphatic rings. The van der Waals surface area contributed by atoms with Crippen molar-refractivity contribution in [1.29, 1.82) is 0 Å². The molecule has 3 aliphatic heterocycles. The highest BCUT2D eigenvalue weighted by atomic mass is 16.7. The maximum absolute atomic E-state index is 12.6. The lowest BCUT2D eigenvalue weighted by molar-refractivity contribution is -0.183. The van der Waals surface area contributed by atoms with Gasteiger partial charge in [0.15, 0.2) is 0 Å². The molecule has 142 valence electrons. The second kappa shape index (κ2) is 8.96. The summed E-state index contributed by atoms with van der Waals surface area (Å²) in [5.74, 6) is 0.934. The average molecular weight is 352 g/mol. The Labute approximate surface area is 150 Å². The van der Waals surface area contributed by atoms with E-state index in [0.717, 1.165) is 65.0 Å². The Morgan fingerprint density at radius 2 is 2.12 bits per heavy atom. The van der Waals surface area contributed by atoms with Gasteiger partial charge in [-0.3, -0.25) is 14.4 Å². The number of carbonyl (C=O) groups is 2. The molecule has 3 rings (SSSR count). The van der Waals surface area contributed by atoms with E-state index in [1.807, 2.05) is 21.9 Å². The van der Waals surface area contributed by atoms with Gasteiger partial charge in [0, 0.05) is 58.2 Å². The van der Waals surface area contributed by atoms with E-state index < -0.39 is 0 Å². The minimum Gasteiger partial charge on any atom is -0.342 e. The number of hydroxylamine groups is 2. The van der Waals surface area contributed by atoms with Crippen molar-refractivity contribution in [3.05, 3.63) is 0 Å². The van der Waals surface area contributed by atoms with Crippen molar-refractivity contribution in [2.24, 2.45) is 5.92 Å². The summed E-state index contributed by atoms with van der Waals surface area (Å²) in [6, 6.07) is 0.309. The number of amides is 2. The fourth-order valence-corrected chi connectivity index (χ4v) is 4.30. The van der Waals surface area contributed by atoms with Gasteiger partial charge < -0.3 is 15.1 Å². The van der Waals surface area contributed by atoms with Crippen LogP contribution in [0, 0.1) is 5.92 Å². The summed E-state index contributed by atoms with van der Waals surface area (Å²) in [5, 5.41) is 5.07. The summed E-state index contributed by atoms with van der Waals surface area (Å²) in [5.41, 5.74) is 0. The van der Waals surface area contributed by atoms with Gasteiger partial charge in [0.1, 0.15) is 0 Å². The Kier molecular flexibility index (Phi) is 6.67. The molecule has 2 unspecified atom stereocenters. The third kappa shape index (κ3) is 4.71.